The number of aromatic nitrogens is 1. The monoisotopic (exact) mass is 318 g/mol. The quantitative estimate of drug-likeness (QED) is 0.869. The number of amides is 1. The number of pyridine rings is 1. The largest absolute Gasteiger partial charge is 0.480 e. The Balaban J connectivity index is 0. The first kappa shape index (κ1) is 22.6. The number of allylic oxidation sites excluding steroid dienone is 2. The molecule has 1 aromatic rings. The minimum absolute atomic E-state index is 0.149. The summed E-state index contributed by atoms with van der Waals surface area (Å²) in [6.45, 7) is 14.7. The van der Waals surface area contributed by atoms with Crippen LogP contribution in [0.1, 0.15) is 38.2 Å². The number of carboxylic acids is 1. The van der Waals surface area contributed by atoms with Gasteiger partial charge < -0.3 is 10.4 Å². The van der Waals surface area contributed by atoms with Gasteiger partial charge in [-0.05, 0) is 12.1 Å². The van der Waals surface area contributed by atoms with Gasteiger partial charge >= 0.3 is 5.97 Å². The van der Waals surface area contributed by atoms with Gasteiger partial charge in [0.05, 0.1) is 5.35 Å². The summed E-state index contributed by atoms with van der Waals surface area (Å²) in [6, 6.07) is 3.23. The Bertz CT molecular complexity index is 634. The molecule has 0 atom stereocenters. The van der Waals surface area contributed by atoms with Crippen LogP contribution in [0.4, 0.5) is 0 Å². The van der Waals surface area contributed by atoms with E-state index in [1.165, 1.54) is 6.07 Å². The molecule has 0 aliphatic heterocycles. The molecule has 1 aromatic heterocycles. The highest BCUT2D eigenvalue weighted by Crippen LogP contribution is 1.88. The van der Waals surface area contributed by atoms with Crippen LogP contribution in [0.25, 0.3) is 12.2 Å². The van der Waals surface area contributed by atoms with Crippen molar-refractivity contribution in [2.75, 3.05) is 6.54 Å². The van der Waals surface area contributed by atoms with E-state index in [1.54, 1.807) is 30.4 Å². The number of aliphatic carboxylic acids is 1. The molecular weight excluding hydrogens is 292 g/mol. The van der Waals surface area contributed by atoms with Crippen LogP contribution < -0.4 is 15.9 Å². The summed E-state index contributed by atoms with van der Waals surface area (Å²) in [7, 11) is 0. The lowest BCUT2D eigenvalue weighted by Crippen LogP contribution is -2.34. The van der Waals surface area contributed by atoms with Crippen molar-refractivity contribution in [3.63, 3.8) is 0 Å². The van der Waals surface area contributed by atoms with Gasteiger partial charge in [-0.3, -0.25) is 9.59 Å². The highest BCUT2D eigenvalue weighted by Gasteiger charge is 2.08. The minimum atomic E-state index is -1.11. The molecule has 2 N–H and O–H groups in total. The zero-order chi connectivity index (χ0) is 18.3. The van der Waals surface area contributed by atoms with Crippen molar-refractivity contribution in [1.82, 2.24) is 10.3 Å². The van der Waals surface area contributed by atoms with Gasteiger partial charge in [-0.25, -0.2) is 4.98 Å². The van der Waals surface area contributed by atoms with E-state index in [2.05, 4.69) is 23.5 Å². The summed E-state index contributed by atoms with van der Waals surface area (Å²) in [5.74, 6) is -1.64. The van der Waals surface area contributed by atoms with Crippen molar-refractivity contribution in [3.8, 4) is 0 Å². The maximum atomic E-state index is 11.7. The van der Waals surface area contributed by atoms with E-state index in [0.717, 1.165) is 5.22 Å². The highest BCUT2D eigenvalue weighted by atomic mass is 16.4. The van der Waals surface area contributed by atoms with Crippen molar-refractivity contribution in [1.29, 1.82) is 0 Å². The topological polar surface area (TPSA) is 79.3 Å². The fourth-order valence-corrected chi connectivity index (χ4v) is 1.37. The molecule has 1 heterocycles. The van der Waals surface area contributed by atoms with E-state index in [1.807, 2.05) is 27.7 Å². The second kappa shape index (κ2) is 14.3. The fourth-order valence-electron chi connectivity index (χ4n) is 1.37. The Morgan fingerprint density at radius 2 is 1.70 bits per heavy atom. The first-order chi connectivity index (χ1) is 11.1. The van der Waals surface area contributed by atoms with E-state index >= 15 is 0 Å². The van der Waals surface area contributed by atoms with Crippen LogP contribution in [0.15, 0.2) is 37.4 Å². The van der Waals surface area contributed by atoms with Gasteiger partial charge in [0.2, 0.25) is 0 Å². The third-order valence-electron chi connectivity index (χ3n) is 2.16. The highest BCUT2D eigenvalue weighted by molar-refractivity contribution is 5.94. The molecule has 0 aliphatic rings. The molecule has 1 rings (SSSR count). The Hall–Kier alpha value is -2.69. The van der Waals surface area contributed by atoms with Gasteiger partial charge in [0.25, 0.3) is 5.91 Å². The molecule has 0 radical (unpaired) electrons. The molecule has 5 nitrogen and oxygen atoms in total. The van der Waals surface area contributed by atoms with E-state index in [4.69, 9.17) is 5.11 Å². The molecule has 0 saturated heterocycles. The number of carboxylic acid groups (broad SMARTS) is 1. The number of nitrogens with one attached hydrogen (secondary N) is 1. The Morgan fingerprint density at radius 1 is 1.13 bits per heavy atom. The first-order valence-electron chi connectivity index (χ1n) is 7.51. The Kier molecular flexibility index (Phi) is 14.0. The molecule has 5 heteroatoms. The average molecular weight is 318 g/mol. The third-order valence-corrected chi connectivity index (χ3v) is 2.16. The SMILES string of the molecule is C=C/C=c1/ccc(C(=O)NCC(=O)O)n/c1=C/C=C.CC.CC. The summed E-state index contributed by atoms with van der Waals surface area (Å²) in [4.78, 5) is 26.2. The number of hydrogen-bond donors (Lipinski definition) is 2. The normalized spacial score (nSPS) is 10.4. The molecule has 0 aromatic carbocycles. The summed E-state index contributed by atoms with van der Waals surface area (Å²) in [5, 5.41) is 12.1. The number of carbonyl (C=O) groups is 2. The summed E-state index contributed by atoms with van der Waals surface area (Å²) < 4.78 is 0. The second-order valence-electron chi connectivity index (χ2n) is 3.55. The number of hydrogen-bond acceptors (Lipinski definition) is 3. The predicted octanol–water partition coefficient (Wildman–Crippen LogP) is 1.88. The lowest BCUT2D eigenvalue weighted by Gasteiger charge is -2.01. The molecule has 23 heavy (non-hydrogen) atoms. The van der Waals surface area contributed by atoms with Crippen molar-refractivity contribution in [2.45, 2.75) is 27.7 Å². The van der Waals surface area contributed by atoms with Gasteiger partial charge in [-0.1, -0.05) is 65.1 Å². The van der Waals surface area contributed by atoms with Crippen LogP contribution in [-0.4, -0.2) is 28.5 Å². The zero-order valence-electron chi connectivity index (χ0n) is 14.3. The van der Waals surface area contributed by atoms with Crippen LogP contribution in [0.5, 0.6) is 0 Å². The van der Waals surface area contributed by atoms with Crippen LogP contribution in [0.3, 0.4) is 0 Å². The number of rotatable bonds is 5. The fraction of sp³-hybridized carbons (Fsp3) is 0.278. The molecule has 0 unspecified atom stereocenters. The smallest absolute Gasteiger partial charge is 0.322 e. The van der Waals surface area contributed by atoms with Gasteiger partial charge in [0, 0.05) is 5.22 Å². The summed E-state index contributed by atoms with van der Waals surface area (Å²) >= 11 is 0. The molecular formula is C18H26N2O3. The van der Waals surface area contributed by atoms with Gasteiger partial charge in [0.15, 0.2) is 0 Å². The molecule has 0 aliphatic carbocycles. The van der Waals surface area contributed by atoms with Gasteiger partial charge in [-0.15, -0.1) is 0 Å². The molecule has 0 fully saturated rings. The van der Waals surface area contributed by atoms with Crippen LogP contribution >= 0.6 is 0 Å². The number of nitrogens with zero attached hydrogens (tertiary/aromatic N) is 1. The average Bonchev–Trinajstić information content (AvgIpc) is 2.58. The van der Waals surface area contributed by atoms with E-state index < -0.39 is 18.4 Å². The maximum absolute atomic E-state index is 11.7. The number of carbonyl (C=O) groups excluding carboxylic acids is 1. The Morgan fingerprint density at radius 3 is 2.17 bits per heavy atom. The third kappa shape index (κ3) is 9.03. The van der Waals surface area contributed by atoms with Crippen molar-refractivity contribution in [2.24, 2.45) is 0 Å². The van der Waals surface area contributed by atoms with Gasteiger partial charge in [0.1, 0.15) is 12.2 Å². The van der Waals surface area contributed by atoms with Crippen molar-refractivity contribution < 1.29 is 14.7 Å². The standard InChI is InChI=1S/C14H14N2O3.2C2H6/c1-3-5-10-7-8-12(16-11(10)6-4-2)14(19)15-9-13(17)18;2*1-2/h3-8H,1-2,9H2,(H,15,19)(H,17,18);2*1-2H3/b10-5-,11-6+;;. The van der Waals surface area contributed by atoms with Crippen molar-refractivity contribution in [3.05, 3.63) is 53.7 Å². The summed E-state index contributed by atoms with van der Waals surface area (Å²) in [6.07, 6.45) is 6.58. The van der Waals surface area contributed by atoms with E-state index in [9.17, 15) is 9.59 Å². The van der Waals surface area contributed by atoms with Crippen molar-refractivity contribution >= 4 is 24.0 Å². The van der Waals surface area contributed by atoms with Gasteiger partial charge in [-0.2, -0.15) is 0 Å². The van der Waals surface area contributed by atoms with Crippen LogP contribution in [-0.2, 0) is 4.79 Å². The second-order valence-corrected chi connectivity index (χ2v) is 3.55. The first-order valence-corrected chi connectivity index (χ1v) is 7.51. The minimum Gasteiger partial charge on any atom is -0.480 e. The lowest BCUT2D eigenvalue weighted by molar-refractivity contribution is -0.135. The molecule has 1 amide bonds. The molecule has 0 spiro atoms. The maximum Gasteiger partial charge on any atom is 0.322 e. The lowest BCUT2D eigenvalue weighted by atomic mass is 10.2. The molecule has 0 saturated carbocycles. The molecule has 0 bridgehead atoms. The summed E-state index contributed by atoms with van der Waals surface area (Å²) in [5.41, 5.74) is 0.149. The van der Waals surface area contributed by atoms with Crippen LogP contribution in [0, 0.1) is 0 Å². The molecule has 126 valence electrons. The predicted molar refractivity (Wildman–Crippen MR) is 95.5 cm³/mol. The zero-order valence-corrected chi connectivity index (χ0v) is 14.3. The van der Waals surface area contributed by atoms with E-state index in [-0.39, 0.29) is 5.69 Å². The van der Waals surface area contributed by atoms with Crippen LogP contribution in [0.2, 0.25) is 0 Å². The Labute approximate surface area is 137 Å². The van der Waals surface area contributed by atoms with E-state index in [0.29, 0.717) is 5.35 Å².